The molecular formula is C18H24N2O. The molecule has 3 nitrogen and oxygen atoms in total. The Labute approximate surface area is 127 Å². The highest BCUT2D eigenvalue weighted by Gasteiger charge is 2.10. The van der Waals surface area contributed by atoms with Crippen LogP contribution in [0, 0.1) is 0 Å². The lowest BCUT2D eigenvalue weighted by Gasteiger charge is -2.15. The summed E-state index contributed by atoms with van der Waals surface area (Å²) in [7, 11) is 0. The van der Waals surface area contributed by atoms with Gasteiger partial charge in [0.1, 0.15) is 11.5 Å². The smallest absolute Gasteiger partial charge is 0.150 e. The van der Waals surface area contributed by atoms with E-state index >= 15 is 0 Å². The number of pyridine rings is 1. The molecule has 112 valence electrons. The third-order valence-electron chi connectivity index (χ3n) is 3.37. The predicted molar refractivity (Wildman–Crippen MR) is 86.8 cm³/mol. The van der Waals surface area contributed by atoms with Gasteiger partial charge in [0.2, 0.25) is 0 Å². The quantitative estimate of drug-likeness (QED) is 0.760. The van der Waals surface area contributed by atoms with Gasteiger partial charge in [0.25, 0.3) is 0 Å². The topological polar surface area (TPSA) is 34.2 Å². The van der Waals surface area contributed by atoms with Crippen molar-refractivity contribution in [2.24, 2.45) is 0 Å². The van der Waals surface area contributed by atoms with Crippen LogP contribution >= 0.6 is 0 Å². The summed E-state index contributed by atoms with van der Waals surface area (Å²) in [5.74, 6) is 2.17. The molecule has 1 N–H and O–H groups in total. The molecule has 3 heteroatoms. The van der Waals surface area contributed by atoms with E-state index in [1.54, 1.807) is 6.20 Å². The summed E-state index contributed by atoms with van der Waals surface area (Å²) in [6.07, 6.45) is 4.72. The summed E-state index contributed by atoms with van der Waals surface area (Å²) in [6, 6.07) is 10.2. The van der Waals surface area contributed by atoms with Crippen LogP contribution in [0.3, 0.4) is 0 Å². The van der Waals surface area contributed by atoms with Crippen molar-refractivity contribution in [1.29, 1.82) is 0 Å². The fraction of sp³-hybridized carbons (Fsp3) is 0.389. The molecule has 0 aliphatic heterocycles. The van der Waals surface area contributed by atoms with E-state index in [1.807, 2.05) is 24.4 Å². The van der Waals surface area contributed by atoms with Crippen molar-refractivity contribution >= 4 is 0 Å². The molecule has 0 saturated carbocycles. The number of aromatic nitrogens is 1. The molecule has 0 saturated heterocycles. The normalized spacial score (nSPS) is 10.9. The van der Waals surface area contributed by atoms with Crippen LogP contribution in [0.1, 0.15) is 44.2 Å². The zero-order chi connectivity index (χ0) is 15.1. The molecule has 0 aliphatic carbocycles. The van der Waals surface area contributed by atoms with Gasteiger partial charge in [-0.05, 0) is 36.6 Å². The number of ether oxygens (including phenoxy) is 1. The summed E-state index contributed by atoms with van der Waals surface area (Å²) in [5.41, 5.74) is 2.35. The summed E-state index contributed by atoms with van der Waals surface area (Å²) in [4.78, 5) is 4.19. The highest BCUT2D eigenvalue weighted by molar-refractivity contribution is 5.41. The van der Waals surface area contributed by atoms with Crippen molar-refractivity contribution in [3.63, 3.8) is 0 Å². The second-order valence-electron chi connectivity index (χ2n) is 5.45. The van der Waals surface area contributed by atoms with Gasteiger partial charge < -0.3 is 10.1 Å². The minimum Gasteiger partial charge on any atom is -0.455 e. The Hall–Kier alpha value is -1.87. The summed E-state index contributed by atoms with van der Waals surface area (Å²) in [6.45, 7) is 8.32. The number of benzene rings is 1. The van der Waals surface area contributed by atoms with Crippen LogP contribution in [0.15, 0.2) is 42.7 Å². The Balaban J connectivity index is 2.20. The maximum absolute atomic E-state index is 6.13. The Morgan fingerprint density at radius 2 is 1.95 bits per heavy atom. The van der Waals surface area contributed by atoms with Gasteiger partial charge in [0, 0.05) is 18.3 Å². The van der Waals surface area contributed by atoms with Crippen LogP contribution in [-0.4, -0.2) is 11.5 Å². The molecule has 1 heterocycles. The summed E-state index contributed by atoms with van der Waals surface area (Å²) < 4.78 is 6.13. The molecule has 2 rings (SSSR count). The molecule has 0 radical (unpaired) electrons. The van der Waals surface area contributed by atoms with E-state index in [-0.39, 0.29) is 0 Å². The van der Waals surface area contributed by atoms with Crippen LogP contribution < -0.4 is 10.1 Å². The molecule has 0 fully saturated rings. The van der Waals surface area contributed by atoms with Crippen LogP contribution in [0.5, 0.6) is 11.5 Å². The maximum Gasteiger partial charge on any atom is 0.150 e. The highest BCUT2D eigenvalue weighted by atomic mass is 16.5. The third-order valence-corrected chi connectivity index (χ3v) is 3.37. The molecule has 1 aromatic carbocycles. The van der Waals surface area contributed by atoms with E-state index < -0.39 is 0 Å². The van der Waals surface area contributed by atoms with E-state index in [0.29, 0.717) is 5.92 Å². The Morgan fingerprint density at radius 3 is 2.71 bits per heavy atom. The van der Waals surface area contributed by atoms with Crippen molar-refractivity contribution in [3.8, 4) is 11.5 Å². The van der Waals surface area contributed by atoms with Gasteiger partial charge in [-0.2, -0.15) is 0 Å². The Morgan fingerprint density at radius 1 is 1.14 bits per heavy atom. The van der Waals surface area contributed by atoms with Gasteiger partial charge >= 0.3 is 0 Å². The van der Waals surface area contributed by atoms with E-state index in [9.17, 15) is 0 Å². The number of rotatable bonds is 7. The largest absolute Gasteiger partial charge is 0.455 e. The minimum atomic E-state index is 0.430. The fourth-order valence-electron chi connectivity index (χ4n) is 2.22. The lowest BCUT2D eigenvalue weighted by Crippen LogP contribution is -2.14. The number of hydrogen-bond donors (Lipinski definition) is 1. The van der Waals surface area contributed by atoms with Crippen LogP contribution in [0.25, 0.3) is 0 Å². The first-order valence-electron chi connectivity index (χ1n) is 7.62. The number of para-hydroxylation sites is 1. The molecule has 21 heavy (non-hydrogen) atoms. The van der Waals surface area contributed by atoms with Gasteiger partial charge in [0.05, 0.1) is 6.20 Å². The van der Waals surface area contributed by atoms with Crippen LogP contribution in [-0.2, 0) is 6.54 Å². The Kier molecular flexibility index (Phi) is 5.76. The van der Waals surface area contributed by atoms with E-state index in [2.05, 4.69) is 43.2 Å². The second-order valence-corrected chi connectivity index (χ2v) is 5.45. The molecule has 0 atom stereocenters. The maximum atomic E-state index is 6.13. The monoisotopic (exact) mass is 284 g/mol. The second kappa shape index (κ2) is 7.79. The molecule has 1 aromatic heterocycles. The van der Waals surface area contributed by atoms with Gasteiger partial charge in [-0.25, -0.2) is 0 Å². The van der Waals surface area contributed by atoms with Gasteiger partial charge in [-0.1, -0.05) is 39.0 Å². The molecule has 0 spiro atoms. The molecular weight excluding hydrogens is 260 g/mol. The van der Waals surface area contributed by atoms with E-state index in [1.165, 1.54) is 5.56 Å². The first kappa shape index (κ1) is 15.5. The Bertz CT molecular complexity index is 567. The lowest BCUT2D eigenvalue weighted by molar-refractivity contribution is 0.461. The number of nitrogens with zero attached hydrogens (tertiary/aromatic N) is 1. The van der Waals surface area contributed by atoms with Crippen LogP contribution in [0.2, 0.25) is 0 Å². The zero-order valence-electron chi connectivity index (χ0n) is 13.1. The van der Waals surface area contributed by atoms with Crippen molar-refractivity contribution in [1.82, 2.24) is 10.3 Å². The molecule has 0 amide bonds. The summed E-state index contributed by atoms with van der Waals surface area (Å²) >= 11 is 0. The SMILES string of the molecule is CCCNCc1ccncc1Oc1ccccc1C(C)C. The molecule has 0 aliphatic rings. The van der Waals surface area contributed by atoms with Gasteiger partial charge in [0.15, 0.2) is 0 Å². The first-order valence-corrected chi connectivity index (χ1v) is 7.62. The number of nitrogens with one attached hydrogen (secondary N) is 1. The van der Waals surface area contributed by atoms with Gasteiger partial charge in [-0.15, -0.1) is 0 Å². The van der Waals surface area contributed by atoms with Gasteiger partial charge in [-0.3, -0.25) is 4.98 Å². The average Bonchev–Trinajstić information content (AvgIpc) is 2.49. The minimum absolute atomic E-state index is 0.430. The molecule has 0 unspecified atom stereocenters. The predicted octanol–water partition coefficient (Wildman–Crippen LogP) is 4.50. The van der Waals surface area contributed by atoms with E-state index in [0.717, 1.165) is 36.6 Å². The molecule has 2 aromatic rings. The van der Waals surface area contributed by atoms with Crippen LogP contribution in [0.4, 0.5) is 0 Å². The zero-order valence-corrected chi connectivity index (χ0v) is 13.1. The fourth-order valence-corrected chi connectivity index (χ4v) is 2.22. The molecule has 0 bridgehead atoms. The van der Waals surface area contributed by atoms with Crippen molar-refractivity contribution in [2.75, 3.05) is 6.54 Å². The standard InChI is InChI=1S/C18H24N2O/c1-4-10-19-12-15-9-11-20-13-18(15)21-17-8-6-5-7-16(17)14(2)3/h5-9,11,13-14,19H,4,10,12H2,1-3H3. The first-order chi connectivity index (χ1) is 10.2. The lowest BCUT2D eigenvalue weighted by atomic mass is 10.0. The van der Waals surface area contributed by atoms with Crippen molar-refractivity contribution in [2.45, 2.75) is 39.7 Å². The summed E-state index contributed by atoms with van der Waals surface area (Å²) in [5, 5.41) is 3.41. The van der Waals surface area contributed by atoms with Crippen molar-refractivity contribution in [3.05, 3.63) is 53.9 Å². The average molecular weight is 284 g/mol. The van der Waals surface area contributed by atoms with E-state index in [4.69, 9.17) is 4.74 Å². The number of hydrogen-bond acceptors (Lipinski definition) is 3. The highest BCUT2D eigenvalue weighted by Crippen LogP contribution is 2.31. The van der Waals surface area contributed by atoms with Crippen molar-refractivity contribution < 1.29 is 4.74 Å². The third kappa shape index (κ3) is 4.30.